The normalized spacial score (nSPS) is 15.2. The highest BCUT2D eigenvalue weighted by Crippen LogP contribution is 2.53. The quantitative estimate of drug-likeness (QED) is 0.219. The van der Waals surface area contributed by atoms with Crippen LogP contribution in [0.4, 0.5) is 36.4 Å². The molecule has 0 spiro atoms. The Bertz CT molecular complexity index is 1370. The number of halogens is 8. The molecule has 5 nitrogen and oxygen atoms in total. The smallest absolute Gasteiger partial charge is 0.435 e. The number of hydrogen-bond donors (Lipinski definition) is 2. The van der Waals surface area contributed by atoms with Gasteiger partial charge in [0.25, 0.3) is 11.8 Å². The van der Waals surface area contributed by atoms with Crippen molar-refractivity contribution < 1.29 is 44.7 Å². The van der Waals surface area contributed by atoms with E-state index in [0.717, 1.165) is 13.0 Å². The minimum Gasteiger partial charge on any atom is -0.467 e. The van der Waals surface area contributed by atoms with Gasteiger partial charge in [-0.2, -0.15) is 26.3 Å². The number of carbonyl (C=O) groups excluding carboxylic acids is 2. The Morgan fingerprint density at radius 2 is 1.58 bits per heavy atom. The lowest BCUT2D eigenvalue weighted by Gasteiger charge is -2.30. The molecule has 2 aromatic carbocycles. The molecule has 1 saturated carbocycles. The summed E-state index contributed by atoms with van der Waals surface area (Å²) < 4.78 is 98.9. The van der Waals surface area contributed by atoms with Crippen LogP contribution in [-0.4, -0.2) is 24.2 Å². The number of nitrogens with one attached hydrogen (secondary N) is 2. The molecule has 13 heteroatoms. The van der Waals surface area contributed by atoms with Crippen molar-refractivity contribution in [2.45, 2.75) is 43.3 Å². The van der Waals surface area contributed by atoms with Crippen LogP contribution in [0.2, 0.25) is 0 Å². The van der Waals surface area contributed by atoms with E-state index in [9.17, 15) is 40.3 Å². The summed E-state index contributed by atoms with van der Waals surface area (Å²) in [6, 6.07) is 9.27. The van der Waals surface area contributed by atoms with Crippen LogP contribution >= 0.6 is 22.6 Å². The van der Waals surface area contributed by atoms with Crippen LogP contribution in [0.25, 0.3) is 0 Å². The van der Waals surface area contributed by atoms with Crippen LogP contribution in [-0.2, 0) is 11.2 Å². The van der Waals surface area contributed by atoms with E-state index in [-0.39, 0.29) is 22.4 Å². The van der Waals surface area contributed by atoms with E-state index in [1.165, 1.54) is 18.4 Å². The van der Waals surface area contributed by atoms with E-state index in [1.807, 2.05) is 22.6 Å². The minimum absolute atomic E-state index is 0.0228. The molecule has 1 heterocycles. The second-order valence-electron chi connectivity index (χ2n) is 8.81. The van der Waals surface area contributed by atoms with E-state index in [0.29, 0.717) is 34.3 Å². The molecule has 2 amide bonds. The molecule has 1 aliphatic carbocycles. The van der Waals surface area contributed by atoms with Gasteiger partial charge >= 0.3 is 18.0 Å². The van der Waals surface area contributed by atoms with Crippen molar-refractivity contribution in [3.05, 3.63) is 86.4 Å². The minimum atomic E-state index is -6.26. The van der Waals surface area contributed by atoms with Crippen molar-refractivity contribution >= 4 is 40.1 Å². The largest absolute Gasteiger partial charge is 0.467 e. The molecule has 0 atom stereocenters. The summed E-state index contributed by atoms with van der Waals surface area (Å²) in [5.41, 5.74) is -8.46. The lowest BCUT2D eigenvalue weighted by molar-refractivity contribution is -0.348. The molecule has 1 aliphatic rings. The Balaban J connectivity index is 1.62. The highest BCUT2D eigenvalue weighted by atomic mass is 127. The molecule has 0 saturated heterocycles. The maximum absolute atomic E-state index is 14.4. The number of alkyl halides is 7. The number of anilines is 1. The average molecular weight is 654 g/mol. The topological polar surface area (TPSA) is 71.3 Å². The number of carbonyl (C=O) groups is 2. The average Bonchev–Trinajstić information content (AvgIpc) is 3.36. The van der Waals surface area contributed by atoms with Crippen molar-refractivity contribution in [2.75, 3.05) is 5.32 Å². The zero-order valence-corrected chi connectivity index (χ0v) is 21.5. The molecule has 1 fully saturated rings. The van der Waals surface area contributed by atoms with Crippen molar-refractivity contribution in [3.8, 4) is 0 Å². The summed E-state index contributed by atoms with van der Waals surface area (Å²) in [6.45, 7) is 1.12. The van der Waals surface area contributed by atoms with Crippen LogP contribution < -0.4 is 10.6 Å². The zero-order valence-electron chi connectivity index (χ0n) is 19.4. The number of hydrogen-bond acceptors (Lipinski definition) is 3. The number of aryl methyl sites for hydroxylation is 1. The van der Waals surface area contributed by atoms with Crippen LogP contribution in [0.3, 0.4) is 0 Å². The molecular formula is C25H18F7IN2O3. The Kier molecular flexibility index (Phi) is 7.04. The Morgan fingerprint density at radius 3 is 2.11 bits per heavy atom. The molecule has 38 heavy (non-hydrogen) atoms. The summed E-state index contributed by atoms with van der Waals surface area (Å²) in [7, 11) is 0. The van der Waals surface area contributed by atoms with E-state index in [4.69, 9.17) is 4.42 Å². The highest BCUT2D eigenvalue weighted by molar-refractivity contribution is 14.1. The molecular weight excluding hydrogens is 636 g/mol. The molecule has 202 valence electrons. The highest BCUT2D eigenvalue weighted by Gasteiger charge is 2.73. The van der Waals surface area contributed by atoms with Crippen LogP contribution in [0.15, 0.2) is 59.2 Å². The van der Waals surface area contributed by atoms with Crippen LogP contribution in [0.1, 0.15) is 50.4 Å². The first-order chi connectivity index (χ1) is 17.6. The first-order valence-corrected chi connectivity index (χ1v) is 12.1. The predicted molar refractivity (Wildman–Crippen MR) is 130 cm³/mol. The molecule has 0 aliphatic heterocycles. The zero-order chi connectivity index (χ0) is 28.1. The van der Waals surface area contributed by atoms with Crippen LogP contribution in [0, 0.1) is 10.5 Å². The summed E-state index contributed by atoms with van der Waals surface area (Å²) in [5, 5.41) is 5.26. The third-order valence-corrected chi connectivity index (χ3v) is 7.13. The van der Waals surface area contributed by atoms with E-state index < -0.39 is 40.9 Å². The lowest BCUT2D eigenvalue weighted by Crippen LogP contribution is -2.50. The van der Waals surface area contributed by atoms with Gasteiger partial charge in [0.2, 0.25) is 0 Å². The maximum atomic E-state index is 14.4. The van der Waals surface area contributed by atoms with E-state index >= 15 is 0 Å². The Labute approximate surface area is 224 Å². The number of furan rings is 1. The predicted octanol–water partition coefficient (Wildman–Crippen LogP) is 7.15. The fourth-order valence-electron chi connectivity index (χ4n) is 4.03. The summed E-state index contributed by atoms with van der Waals surface area (Å²) in [6.07, 6.45) is -9.82. The second kappa shape index (κ2) is 9.58. The standard InChI is InChI=1S/C25H18F7IN2O3/c1-13-12-14(23(26,24(27,28)29)25(30,31)32)7-8-17(13)34-20(36)15-4-2-5-16(33)19(15)21(37)35-22(9-10-22)18-6-3-11-38-18/h2-8,11-12H,9-10H2,1H3,(H,34,36)(H,35,37). The van der Waals surface area contributed by atoms with E-state index in [2.05, 4.69) is 10.6 Å². The molecule has 0 unspecified atom stereocenters. The van der Waals surface area contributed by atoms with Gasteiger partial charge in [0, 0.05) is 14.8 Å². The second-order valence-corrected chi connectivity index (χ2v) is 9.98. The molecule has 4 rings (SSSR count). The van der Waals surface area contributed by atoms with Gasteiger partial charge in [0.1, 0.15) is 5.76 Å². The first kappa shape index (κ1) is 27.9. The Morgan fingerprint density at radius 1 is 0.921 bits per heavy atom. The molecule has 3 aromatic rings. The first-order valence-electron chi connectivity index (χ1n) is 11.0. The third-order valence-electron chi connectivity index (χ3n) is 6.23. The summed E-state index contributed by atoms with van der Waals surface area (Å²) in [4.78, 5) is 26.3. The van der Waals surface area contributed by atoms with Crippen LogP contribution in [0.5, 0.6) is 0 Å². The van der Waals surface area contributed by atoms with Crippen molar-refractivity contribution in [1.82, 2.24) is 5.32 Å². The monoisotopic (exact) mass is 654 g/mol. The van der Waals surface area contributed by atoms with Crippen molar-refractivity contribution in [1.29, 1.82) is 0 Å². The van der Waals surface area contributed by atoms with Gasteiger partial charge in [0.15, 0.2) is 0 Å². The Hall–Kier alpha value is -3.10. The maximum Gasteiger partial charge on any atom is 0.435 e. The van der Waals surface area contributed by atoms with Crippen molar-refractivity contribution in [3.63, 3.8) is 0 Å². The van der Waals surface area contributed by atoms with Crippen molar-refractivity contribution in [2.24, 2.45) is 0 Å². The van der Waals surface area contributed by atoms with Gasteiger partial charge in [-0.3, -0.25) is 9.59 Å². The summed E-state index contributed by atoms with van der Waals surface area (Å²) in [5.74, 6) is -0.857. The SMILES string of the molecule is Cc1cc(C(F)(C(F)(F)F)C(F)(F)F)ccc1NC(=O)c1cccc(I)c1C(=O)NC1(c2ccco2)CC1. The van der Waals surface area contributed by atoms with Gasteiger partial charge in [-0.15, -0.1) is 0 Å². The lowest BCUT2D eigenvalue weighted by atomic mass is 9.92. The summed E-state index contributed by atoms with van der Waals surface area (Å²) >= 11 is 1.87. The van der Waals surface area contributed by atoms with Gasteiger partial charge in [-0.1, -0.05) is 18.2 Å². The van der Waals surface area contributed by atoms with Gasteiger partial charge < -0.3 is 15.1 Å². The van der Waals surface area contributed by atoms with Gasteiger partial charge in [0.05, 0.1) is 22.9 Å². The molecule has 1 aromatic heterocycles. The van der Waals surface area contributed by atoms with Gasteiger partial charge in [-0.25, -0.2) is 4.39 Å². The molecule has 2 N–H and O–H groups in total. The fraction of sp³-hybridized carbons (Fsp3) is 0.280. The van der Waals surface area contributed by atoms with E-state index in [1.54, 1.807) is 18.2 Å². The fourth-order valence-corrected chi connectivity index (χ4v) is 4.77. The number of amides is 2. The number of rotatable bonds is 6. The number of benzene rings is 2. The third kappa shape index (κ3) is 4.87. The molecule has 0 bridgehead atoms. The van der Waals surface area contributed by atoms with Gasteiger partial charge in [-0.05, 0) is 78.3 Å². The molecule has 0 radical (unpaired) electrons.